The largest absolute Gasteiger partial charge is 0.378 e. The predicted molar refractivity (Wildman–Crippen MR) is 58.2 cm³/mol. The summed E-state index contributed by atoms with van der Waals surface area (Å²) in [4.78, 5) is 4.41. The highest BCUT2D eigenvalue weighted by atomic mass is 79.9. The van der Waals surface area contributed by atoms with Crippen LogP contribution in [0.5, 0.6) is 0 Å². The molecule has 0 saturated carbocycles. The third-order valence-electron chi connectivity index (χ3n) is 2.34. The summed E-state index contributed by atoms with van der Waals surface area (Å²) in [6, 6.07) is 2.33. The van der Waals surface area contributed by atoms with E-state index in [1.807, 2.05) is 6.20 Å². The van der Waals surface area contributed by atoms with Gasteiger partial charge in [-0.2, -0.15) is 0 Å². The third kappa shape index (κ3) is 2.13. The number of rotatable bonds is 1. The summed E-state index contributed by atoms with van der Waals surface area (Å²) in [5.41, 5.74) is 2.29. The van der Waals surface area contributed by atoms with Gasteiger partial charge in [-0.05, 0) is 34.5 Å². The minimum atomic E-state index is 0.247. The molecular weight excluding hydrogens is 244 g/mol. The third-order valence-corrected chi connectivity index (χ3v) is 2.77. The molecule has 2 rings (SSSR count). The Labute approximate surface area is 92.0 Å². The van der Waals surface area contributed by atoms with Crippen LogP contribution in [0, 0.1) is 6.92 Å². The summed E-state index contributed by atoms with van der Waals surface area (Å²) >= 11 is 3.41. The van der Waals surface area contributed by atoms with Gasteiger partial charge in [0.1, 0.15) is 0 Å². The number of pyridine rings is 1. The van der Waals surface area contributed by atoms with Gasteiger partial charge in [0, 0.05) is 17.2 Å². The number of hydrogen-bond acceptors (Lipinski definition) is 3. The van der Waals surface area contributed by atoms with E-state index in [2.05, 4.69) is 39.2 Å². The van der Waals surface area contributed by atoms with E-state index >= 15 is 0 Å². The van der Waals surface area contributed by atoms with Crippen molar-refractivity contribution < 1.29 is 4.74 Å². The topological polar surface area (TPSA) is 34.1 Å². The molecule has 2 heterocycles. The molecule has 0 spiro atoms. The number of morpholine rings is 1. The first-order chi connectivity index (χ1) is 6.77. The second-order valence-electron chi connectivity index (χ2n) is 3.44. The Hall–Kier alpha value is -0.450. The Morgan fingerprint density at radius 3 is 3.14 bits per heavy atom. The fourth-order valence-corrected chi connectivity index (χ4v) is 2.10. The average Bonchev–Trinajstić information content (AvgIpc) is 2.19. The first-order valence-corrected chi connectivity index (χ1v) is 5.50. The Morgan fingerprint density at radius 2 is 2.50 bits per heavy atom. The number of ether oxygens (including phenoxy) is 1. The average molecular weight is 257 g/mol. The van der Waals surface area contributed by atoms with Gasteiger partial charge in [0.15, 0.2) is 0 Å². The monoisotopic (exact) mass is 256 g/mol. The maximum atomic E-state index is 5.41. The molecule has 1 aromatic heterocycles. The highest BCUT2D eigenvalue weighted by Gasteiger charge is 2.18. The molecule has 0 aromatic carbocycles. The van der Waals surface area contributed by atoms with Crippen LogP contribution < -0.4 is 5.32 Å². The van der Waals surface area contributed by atoms with Crippen molar-refractivity contribution in [2.75, 3.05) is 19.8 Å². The molecule has 1 saturated heterocycles. The van der Waals surface area contributed by atoms with Gasteiger partial charge in [-0.25, -0.2) is 0 Å². The van der Waals surface area contributed by atoms with Crippen LogP contribution in [0.4, 0.5) is 0 Å². The summed E-state index contributed by atoms with van der Waals surface area (Å²) in [7, 11) is 0. The molecule has 1 aliphatic rings. The standard InChI is InChI=1S/C10H13BrN2O/c1-7-4-8(11)5-13-10(7)9-6-14-3-2-12-9/h4-5,9,12H,2-3,6H2,1H3/t9-/m0/s1. The molecule has 0 amide bonds. The highest BCUT2D eigenvalue weighted by Crippen LogP contribution is 2.20. The van der Waals surface area contributed by atoms with Crippen LogP contribution in [-0.4, -0.2) is 24.7 Å². The summed E-state index contributed by atoms with van der Waals surface area (Å²) in [5, 5.41) is 3.39. The fourth-order valence-electron chi connectivity index (χ4n) is 1.66. The number of nitrogens with zero attached hydrogens (tertiary/aromatic N) is 1. The van der Waals surface area contributed by atoms with E-state index in [0.29, 0.717) is 0 Å². The Balaban J connectivity index is 2.22. The van der Waals surface area contributed by atoms with Crippen molar-refractivity contribution in [1.82, 2.24) is 10.3 Å². The molecule has 1 N–H and O–H groups in total. The van der Waals surface area contributed by atoms with E-state index in [1.54, 1.807) is 0 Å². The van der Waals surface area contributed by atoms with Crippen LogP contribution in [-0.2, 0) is 4.74 Å². The Kier molecular flexibility index (Phi) is 3.15. The first kappa shape index (κ1) is 10.1. The minimum Gasteiger partial charge on any atom is -0.378 e. The number of aryl methyl sites for hydroxylation is 1. The fraction of sp³-hybridized carbons (Fsp3) is 0.500. The first-order valence-electron chi connectivity index (χ1n) is 4.70. The molecule has 14 heavy (non-hydrogen) atoms. The zero-order chi connectivity index (χ0) is 9.97. The SMILES string of the molecule is Cc1cc(Br)cnc1[C@@H]1COCCN1. The molecule has 4 heteroatoms. The van der Waals surface area contributed by atoms with E-state index in [1.165, 1.54) is 5.56 Å². The van der Waals surface area contributed by atoms with Crippen LogP contribution in [0.15, 0.2) is 16.7 Å². The predicted octanol–water partition coefficient (Wildman–Crippen LogP) is 1.81. The van der Waals surface area contributed by atoms with E-state index in [-0.39, 0.29) is 6.04 Å². The van der Waals surface area contributed by atoms with Gasteiger partial charge in [0.25, 0.3) is 0 Å². The number of nitrogens with one attached hydrogen (secondary N) is 1. The molecule has 76 valence electrons. The van der Waals surface area contributed by atoms with Crippen LogP contribution in [0.3, 0.4) is 0 Å². The van der Waals surface area contributed by atoms with E-state index in [9.17, 15) is 0 Å². The van der Waals surface area contributed by atoms with Crippen molar-refractivity contribution in [1.29, 1.82) is 0 Å². The van der Waals surface area contributed by atoms with Crippen molar-refractivity contribution in [3.63, 3.8) is 0 Å². The quantitative estimate of drug-likeness (QED) is 0.833. The molecule has 0 aliphatic carbocycles. The number of hydrogen-bond donors (Lipinski definition) is 1. The summed E-state index contributed by atoms with van der Waals surface area (Å²) < 4.78 is 6.43. The van der Waals surface area contributed by atoms with E-state index < -0.39 is 0 Å². The van der Waals surface area contributed by atoms with Crippen LogP contribution >= 0.6 is 15.9 Å². The van der Waals surface area contributed by atoms with Gasteiger partial charge in [-0.3, -0.25) is 4.98 Å². The minimum absolute atomic E-state index is 0.247. The van der Waals surface area contributed by atoms with Crippen molar-refractivity contribution in [2.45, 2.75) is 13.0 Å². The lowest BCUT2D eigenvalue weighted by Crippen LogP contribution is -2.35. The second-order valence-corrected chi connectivity index (χ2v) is 4.35. The molecular formula is C10H13BrN2O. The zero-order valence-corrected chi connectivity index (χ0v) is 9.67. The van der Waals surface area contributed by atoms with Crippen molar-refractivity contribution >= 4 is 15.9 Å². The van der Waals surface area contributed by atoms with Crippen molar-refractivity contribution in [3.8, 4) is 0 Å². The second kappa shape index (κ2) is 4.38. The molecule has 3 nitrogen and oxygen atoms in total. The molecule has 1 fully saturated rings. The molecule has 1 aromatic rings. The Morgan fingerprint density at radius 1 is 1.64 bits per heavy atom. The Bertz CT molecular complexity index is 324. The van der Waals surface area contributed by atoms with Crippen molar-refractivity contribution in [3.05, 3.63) is 28.0 Å². The van der Waals surface area contributed by atoms with Gasteiger partial charge in [0.05, 0.1) is 24.9 Å². The number of halogens is 1. The van der Waals surface area contributed by atoms with E-state index in [0.717, 1.165) is 29.9 Å². The van der Waals surface area contributed by atoms with Crippen LogP contribution in [0.1, 0.15) is 17.3 Å². The lowest BCUT2D eigenvalue weighted by Gasteiger charge is -2.24. The van der Waals surface area contributed by atoms with Crippen LogP contribution in [0.2, 0.25) is 0 Å². The van der Waals surface area contributed by atoms with Gasteiger partial charge in [-0.1, -0.05) is 0 Å². The molecule has 0 unspecified atom stereocenters. The molecule has 0 radical (unpaired) electrons. The van der Waals surface area contributed by atoms with Gasteiger partial charge in [-0.15, -0.1) is 0 Å². The van der Waals surface area contributed by atoms with E-state index in [4.69, 9.17) is 4.74 Å². The molecule has 0 bridgehead atoms. The smallest absolute Gasteiger partial charge is 0.0736 e. The van der Waals surface area contributed by atoms with Gasteiger partial charge >= 0.3 is 0 Å². The normalized spacial score (nSPS) is 22.3. The molecule has 1 aliphatic heterocycles. The summed E-state index contributed by atoms with van der Waals surface area (Å²) in [6.45, 7) is 4.49. The highest BCUT2D eigenvalue weighted by molar-refractivity contribution is 9.10. The maximum absolute atomic E-state index is 5.41. The molecule has 1 atom stereocenters. The van der Waals surface area contributed by atoms with Crippen LogP contribution in [0.25, 0.3) is 0 Å². The summed E-state index contributed by atoms with van der Waals surface area (Å²) in [5.74, 6) is 0. The lowest BCUT2D eigenvalue weighted by atomic mass is 10.1. The van der Waals surface area contributed by atoms with Gasteiger partial charge < -0.3 is 10.1 Å². The maximum Gasteiger partial charge on any atom is 0.0736 e. The van der Waals surface area contributed by atoms with Gasteiger partial charge in [0.2, 0.25) is 0 Å². The summed E-state index contributed by atoms with van der Waals surface area (Å²) in [6.07, 6.45) is 1.83. The zero-order valence-electron chi connectivity index (χ0n) is 8.09. The van der Waals surface area contributed by atoms with Crippen molar-refractivity contribution in [2.24, 2.45) is 0 Å². The lowest BCUT2D eigenvalue weighted by molar-refractivity contribution is 0.0754. The number of aromatic nitrogens is 1.